The Hall–Kier alpha value is -0.590. The van der Waals surface area contributed by atoms with Crippen molar-refractivity contribution in [2.45, 2.75) is 39.0 Å². The molecule has 0 aliphatic carbocycles. The number of allylic oxidation sites excluding steroid dienone is 1. The van der Waals surface area contributed by atoms with Crippen LogP contribution in [0.25, 0.3) is 0 Å². The van der Waals surface area contributed by atoms with Gasteiger partial charge >= 0.3 is 0 Å². The maximum Gasteiger partial charge on any atom is 0.0392 e. The van der Waals surface area contributed by atoms with E-state index in [-0.39, 0.29) is 0 Å². The lowest BCUT2D eigenvalue weighted by molar-refractivity contribution is 0.615. The van der Waals surface area contributed by atoms with Crippen molar-refractivity contribution in [2.75, 3.05) is 6.54 Å². The highest BCUT2D eigenvalue weighted by Gasteiger charge is 2.16. The quantitative estimate of drug-likeness (QED) is 0.555. The summed E-state index contributed by atoms with van der Waals surface area (Å²) in [4.78, 5) is 4.54. The Bertz CT molecular complexity index is 170. The molecule has 0 saturated heterocycles. The van der Waals surface area contributed by atoms with Crippen molar-refractivity contribution in [2.24, 2.45) is 10.9 Å². The Balaban J connectivity index is 2.45. The maximum atomic E-state index is 4.54. The van der Waals surface area contributed by atoms with E-state index in [1.165, 1.54) is 31.4 Å². The van der Waals surface area contributed by atoms with E-state index < -0.39 is 0 Å². The van der Waals surface area contributed by atoms with Crippen molar-refractivity contribution in [3.05, 3.63) is 12.7 Å². The van der Waals surface area contributed by atoms with E-state index in [1.54, 1.807) is 0 Å². The second-order valence-corrected chi connectivity index (χ2v) is 3.49. The third-order valence-electron chi connectivity index (χ3n) is 2.47. The van der Waals surface area contributed by atoms with Crippen molar-refractivity contribution in [3.8, 4) is 0 Å². The van der Waals surface area contributed by atoms with Gasteiger partial charge in [-0.05, 0) is 25.7 Å². The number of rotatable bonds is 5. The van der Waals surface area contributed by atoms with Gasteiger partial charge in [0, 0.05) is 18.2 Å². The van der Waals surface area contributed by atoms with E-state index in [0.717, 1.165) is 13.0 Å². The van der Waals surface area contributed by atoms with E-state index in [4.69, 9.17) is 0 Å². The number of hydrogen-bond donors (Lipinski definition) is 0. The predicted molar refractivity (Wildman–Crippen MR) is 54.7 cm³/mol. The van der Waals surface area contributed by atoms with Crippen LogP contribution in [-0.4, -0.2) is 12.3 Å². The van der Waals surface area contributed by atoms with Gasteiger partial charge in [0.1, 0.15) is 0 Å². The van der Waals surface area contributed by atoms with Crippen LogP contribution in [0.1, 0.15) is 39.0 Å². The molecular formula is C11H19N. The summed E-state index contributed by atoms with van der Waals surface area (Å²) < 4.78 is 0. The van der Waals surface area contributed by atoms with Crippen LogP contribution in [0.2, 0.25) is 0 Å². The highest BCUT2D eigenvalue weighted by Crippen LogP contribution is 2.20. The second kappa shape index (κ2) is 5.13. The third-order valence-corrected chi connectivity index (χ3v) is 2.47. The van der Waals surface area contributed by atoms with Crippen LogP contribution in [0.15, 0.2) is 17.6 Å². The van der Waals surface area contributed by atoms with Crippen molar-refractivity contribution >= 4 is 5.71 Å². The van der Waals surface area contributed by atoms with Crippen molar-refractivity contribution in [1.29, 1.82) is 0 Å². The van der Waals surface area contributed by atoms with Gasteiger partial charge in [0.05, 0.1) is 0 Å². The SMILES string of the molecule is C=CCC(CCC)C1=NCCC1. The van der Waals surface area contributed by atoms with Gasteiger partial charge in [-0.3, -0.25) is 4.99 Å². The summed E-state index contributed by atoms with van der Waals surface area (Å²) in [6.45, 7) is 7.10. The number of nitrogens with zero attached hydrogens (tertiary/aromatic N) is 1. The normalized spacial score (nSPS) is 18.9. The number of aliphatic imine (C=N–C) groups is 1. The highest BCUT2D eigenvalue weighted by molar-refractivity contribution is 5.88. The first kappa shape index (κ1) is 9.50. The van der Waals surface area contributed by atoms with Crippen molar-refractivity contribution in [1.82, 2.24) is 0 Å². The number of hydrogen-bond acceptors (Lipinski definition) is 1. The molecule has 0 spiro atoms. The van der Waals surface area contributed by atoms with Crippen LogP contribution in [0.5, 0.6) is 0 Å². The molecule has 1 atom stereocenters. The molecule has 0 amide bonds. The minimum atomic E-state index is 0.704. The lowest BCUT2D eigenvalue weighted by Crippen LogP contribution is -2.11. The molecule has 12 heavy (non-hydrogen) atoms. The Labute approximate surface area is 75.6 Å². The van der Waals surface area contributed by atoms with Gasteiger partial charge in [-0.25, -0.2) is 0 Å². The minimum Gasteiger partial charge on any atom is -0.294 e. The van der Waals surface area contributed by atoms with E-state index >= 15 is 0 Å². The first-order chi connectivity index (χ1) is 5.88. The average molecular weight is 165 g/mol. The molecule has 0 N–H and O–H groups in total. The Morgan fingerprint density at radius 1 is 1.67 bits per heavy atom. The Morgan fingerprint density at radius 2 is 2.50 bits per heavy atom. The van der Waals surface area contributed by atoms with Crippen LogP contribution < -0.4 is 0 Å². The van der Waals surface area contributed by atoms with E-state index in [0.29, 0.717) is 5.92 Å². The topological polar surface area (TPSA) is 12.4 Å². The fraction of sp³-hybridized carbons (Fsp3) is 0.727. The smallest absolute Gasteiger partial charge is 0.0392 e. The predicted octanol–water partition coefficient (Wildman–Crippen LogP) is 3.21. The summed E-state index contributed by atoms with van der Waals surface area (Å²) in [6.07, 6.45) is 8.20. The van der Waals surface area contributed by atoms with Crippen molar-refractivity contribution in [3.63, 3.8) is 0 Å². The molecule has 0 aromatic rings. The Morgan fingerprint density at radius 3 is 3.00 bits per heavy atom. The van der Waals surface area contributed by atoms with Crippen LogP contribution in [0.4, 0.5) is 0 Å². The highest BCUT2D eigenvalue weighted by atomic mass is 14.8. The van der Waals surface area contributed by atoms with Crippen LogP contribution in [0, 0.1) is 5.92 Å². The standard InChI is InChI=1S/C11H19N/c1-3-6-10(7-4-2)11-8-5-9-12-11/h3,10H,1,4-9H2,2H3. The summed E-state index contributed by atoms with van der Waals surface area (Å²) in [6, 6.07) is 0. The molecule has 1 rings (SSSR count). The largest absolute Gasteiger partial charge is 0.294 e. The molecule has 1 heterocycles. The van der Waals surface area contributed by atoms with Crippen LogP contribution >= 0.6 is 0 Å². The molecule has 0 bridgehead atoms. The third kappa shape index (κ3) is 2.47. The molecule has 0 fully saturated rings. The van der Waals surface area contributed by atoms with Gasteiger partial charge in [-0.15, -0.1) is 6.58 Å². The fourth-order valence-corrected chi connectivity index (χ4v) is 1.87. The van der Waals surface area contributed by atoms with Gasteiger partial charge in [0.2, 0.25) is 0 Å². The first-order valence-electron chi connectivity index (χ1n) is 5.02. The summed E-state index contributed by atoms with van der Waals surface area (Å²) in [5.41, 5.74) is 1.46. The molecule has 0 saturated carbocycles. The Kier molecular flexibility index (Phi) is 4.06. The lowest BCUT2D eigenvalue weighted by atomic mass is 9.93. The molecule has 0 aromatic carbocycles. The second-order valence-electron chi connectivity index (χ2n) is 3.49. The first-order valence-corrected chi connectivity index (χ1v) is 5.02. The van der Waals surface area contributed by atoms with E-state index in [9.17, 15) is 0 Å². The van der Waals surface area contributed by atoms with Crippen LogP contribution in [-0.2, 0) is 0 Å². The molecule has 1 heteroatoms. The van der Waals surface area contributed by atoms with Gasteiger partial charge in [0.15, 0.2) is 0 Å². The van der Waals surface area contributed by atoms with Gasteiger partial charge in [0.25, 0.3) is 0 Å². The zero-order valence-corrected chi connectivity index (χ0v) is 8.05. The monoisotopic (exact) mass is 165 g/mol. The molecule has 0 aromatic heterocycles. The molecule has 1 aliphatic rings. The summed E-state index contributed by atoms with van der Waals surface area (Å²) >= 11 is 0. The van der Waals surface area contributed by atoms with E-state index in [1.807, 2.05) is 6.08 Å². The lowest BCUT2D eigenvalue weighted by Gasteiger charge is -2.13. The van der Waals surface area contributed by atoms with E-state index in [2.05, 4.69) is 18.5 Å². The molecule has 1 unspecified atom stereocenters. The summed E-state index contributed by atoms with van der Waals surface area (Å²) in [7, 11) is 0. The van der Waals surface area contributed by atoms with Gasteiger partial charge < -0.3 is 0 Å². The molecular weight excluding hydrogens is 146 g/mol. The molecule has 1 nitrogen and oxygen atoms in total. The minimum absolute atomic E-state index is 0.704. The van der Waals surface area contributed by atoms with Gasteiger partial charge in [-0.1, -0.05) is 19.4 Å². The van der Waals surface area contributed by atoms with Crippen LogP contribution in [0.3, 0.4) is 0 Å². The molecule has 68 valence electrons. The molecule has 1 aliphatic heterocycles. The average Bonchev–Trinajstić information content (AvgIpc) is 2.56. The summed E-state index contributed by atoms with van der Waals surface area (Å²) in [5.74, 6) is 0.704. The maximum absolute atomic E-state index is 4.54. The van der Waals surface area contributed by atoms with Crippen molar-refractivity contribution < 1.29 is 0 Å². The zero-order chi connectivity index (χ0) is 8.81. The molecule has 0 radical (unpaired) electrons. The fourth-order valence-electron chi connectivity index (χ4n) is 1.87. The van der Waals surface area contributed by atoms with Gasteiger partial charge in [-0.2, -0.15) is 0 Å². The summed E-state index contributed by atoms with van der Waals surface area (Å²) in [5, 5.41) is 0. The zero-order valence-electron chi connectivity index (χ0n) is 8.05.